The number of fused-ring (bicyclic) bond motifs is 1. The van der Waals surface area contributed by atoms with Crippen LogP contribution in [0.25, 0.3) is 0 Å². The number of nitrogens with one attached hydrogen (secondary N) is 3. The minimum Gasteiger partial charge on any atom is -0.446 e. The Hall–Kier alpha value is -2.91. The maximum atomic E-state index is 14.1. The molecule has 2 saturated carbocycles. The van der Waals surface area contributed by atoms with Crippen molar-refractivity contribution in [3.05, 3.63) is 12.7 Å². The van der Waals surface area contributed by atoms with Gasteiger partial charge in [-0.3, -0.25) is 19.2 Å². The van der Waals surface area contributed by atoms with E-state index in [9.17, 15) is 24.0 Å². The van der Waals surface area contributed by atoms with Gasteiger partial charge in [-0.25, -0.2) is 4.79 Å². The minimum atomic E-state index is -1.00. The quantitative estimate of drug-likeness (QED) is 0.256. The van der Waals surface area contributed by atoms with Crippen LogP contribution in [0.3, 0.4) is 0 Å². The summed E-state index contributed by atoms with van der Waals surface area (Å²) in [6.07, 6.45) is 4.02. The molecule has 10 heteroatoms. The molecule has 0 aromatic rings. The van der Waals surface area contributed by atoms with Crippen LogP contribution in [0.5, 0.6) is 0 Å². The average molecular weight is 575 g/mol. The van der Waals surface area contributed by atoms with Crippen LogP contribution in [-0.2, 0) is 23.9 Å². The van der Waals surface area contributed by atoms with Crippen LogP contribution in [0.1, 0.15) is 87.5 Å². The number of carbonyl (C=O) groups excluding carboxylic acids is 5. The van der Waals surface area contributed by atoms with Crippen molar-refractivity contribution in [2.45, 2.75) is 112 Å². The van der Waals surface area contributed by atoms with E-state index in [1.165, 1.54) is 6.08 Å². The van der Waals surface area contributed by atoms with Gasteiger partial charge in [-0.2, -0.15) is 0 Å². The van der Waals surface area contributed by atoms with Crippen molar-refractivity contribution in [1.82, 2.24) is 20.9 Å². The SMILES string of the molecule is C=CCNC(=O)C(=O)[C@@H](CCC)NC(=O)[C@@H]1C2C(CN1C(=O)[C@@H](NC(=O)OC1CCC(C)(C)C1)C(C)(C)C)C2(C)C. The molecular formula is C31H50N4O6. The Morgan fingerprint density at radius 2 is 1.76 bits per heavy atom. The van der Waals surface area contributed by atoms with Gasteiger partial charge in [0.15, 0.2) is 0 Å². The normalized spacial score (nSPS) is 27.2. The second-order valence-electron chi connectivity index (χ2n) is 14.5. The summed E-state index contributed by atoms with van der Waals surface area (Å²) in [5.41, 5.74) is -0.695. The number of amides is 4. The van der Waals surface area contributed by atoms with Gasteiger partial charge in [0, 0.05) is 13.1 Å². The van der Waals surface area contributed by atoms with Crippen LogP contribution in [0.4, 0.5) is 4.79 Å². The molecule has 3 rings (SSSR count). The summed E-state index contributed by atoms with van der Waals surface area (Å²) in [6, 6.07) is -2.74. The fraction of sp³-hybridized carbons (Fsp3) is 0.774. The molecule has 3 N–H and O–H groups in total. The zero-order valence-electron chi connectivity index (χ0n) is 26.1. The number of carbonyl (C=O) groups is 5. The Bertz CT molecular complexity index is 1060. The van der Waals surface area contributed by atoms with E-state index < -0.39 is 47.2 Å². The number of likely N-dealkylation sites (tertiary alicyclic amines) is 1. The van der Waals surface area contributed by atoms with Crippen molar-refractivity contribution < 1.29 is 28.7 Å². The number of hydrogen-bond donors (Lipinski definition) is 3. The zero-order chi connectivity index (χ0) is 30.9. The molecule has 6 atom stereocenters. The lowest BCUT2D eigenvalue weighted by Crippen LogP contribution is -2.60. The van der Waals surface area contributed by atoms with Crippen LogP contribution in [0.15, 0.2) is 12.7 Å². The van der Waals surface area contributed by atoms with Crippen LogP contribution >= 0.6 is 0 Å². The maximum Gasteiger partial charge on any atom is 0.408 e. The van der Waals surface area contributed by atoms with Crippen molar-refractivity contribution in [1.29, 1.82) is 0 Å². The first-order valence-electron chi connectivity index (χ1n) is 15.0. The Labute approximate surface area is 244 Å². The number of Topliss-reactive ketones (excluding diaryl/α,β-unsaturated/α-hetero) is 1. The third kappa shape index (κ3) is 7.30. The monoisotopic (exact) mass is 574 g/mol. The summed E-state index contributed by atoms with van der Waals surface area (Å²) in [4.78, 5) is 67.6. The topological polar surface area (TPSA) is 134 Å². The van der Waals surface area contributed by atoms with Crippen LogP contribution in [-0.4, -0.2) is 71.8 Å². The molecule has 3 unspecified atom stereocenters. The lowest BCUT2D eigenvalue weighted by molar-refractivity contribution is -0.145. The number of hydrogen-bond acceptors (Lipinski definition) is 6. The number of nitrogens with zero attached hydrogens (tertiary/aromatic N) is 1. The number of rotatable bonds is 11. The van der Waals surface area contributed by atoms with Crippen LogP contribution in [0, 0.1) is 28.1 Å². The van der Waals surface area contributed by atoms with Crippen molar-refractivity contribution >= 4 is 29.6 Å². The predicted octanol–water partition coefficient (Wildman–Crippen LogP) is 3.35. The van der Waals surface area contributed by atoms with Crippen molar-refractivity contribution in [2.75, 3.05) is 13.1 Å². The maximum absolute atomic E-state index is 14.1. The Morgan fingerprint density at radius 1 is 1.10 bits per heavy atom. The molecular weight excluding hydrogens is 524 g/mol. The zero-order valence-corrected chi connectivity index (χ0v) is 26.1. The van der Waals surface area contributed by atoms with E-state index in [0.29, 0.717) is 19.4 Å². The standard InChI is InChI=1S/C31H50N4O6/c1-10-12-20(23(36)26(38)32-15-11-2)33-25(37)22-21-19(31(21,8)9)17-35(22)27(39)24(29(3,4)5)34-28(40)41-18-13-14-30(6,7)16-18/h11,18-22,24H,2,10,12-17H2,1,3-9H3,(H,32,38)(H,33,37)(H,34,40)/t18?,19?,20-,21?,22+,24-/m1/s1. The molecule has 1 heterocycles. The van der Waals surface area contributed by atoms with Gasteiger partial charge >= 0.3 is 6.09 Å². The van der Waals surface area contributed by atoms with Crippen molar-refractivity contribution in [2.24, 2.45) is 28.1 Å². The molecule has 0 bridgehead atoms. The van der Waals surface area contributed by atoms with Crippen molar-refractivity contribution in [3.63, 3.8) is 0 Å². The minimum absolute atomic E-state index is 0.0910. The summed E-state index contributed by atoms with van der Waals surface area (Å²) in [7, 11) is 0. The van der Waals surface area contributed by atoms with Gasteiger partial charge in [0.1, 0.15) is 18.2 Å². The van der Waals surface area contributed by atoms with Gasteiger partial charge in [0.25, 0.3) is 5.91 Å². The molecule has 0 spiro atoms. The molecule has 3 aliphatic rings. The third-order valence-corrected chi connectivity index (χ3v) is 9.17. The van der Waals surface area contributed by atoms with Gasteiger partial charge in [-0.1, -0.05) is 67.9 Å². The van der Waals surface area contributed by atoms with Gasteiger partial charge in [-0.05, 0) is 53.8 Å². The van der Waals surface area contributed by atoms with E-state index >= 15 is 0 Å². The molecule has 41 heavy (non-hydrogen) atoms. The number of ether oxygens (including phenoxy) is 1. The van der Waals surface area contributed by atoms with Gasteiger partial charge in [0.2, 0.25) is 17.6 Å². The van der Waals surface area contributed by atoms with Gasteiger partial charge < -0.3 is 25.6 Å². The summed E-state index contributed by atoms with van der Waals surface area (Å²) in [5.74, 6) is -2.29. The number of piperidine rings is 1. The fourth-order valence-electron chi connectivity index (χ4n) is 6.63. The largest absolute Gasteiger partial charge is 0.446 e. The van der Waals surface area contributed by atoms with E-state index in [2.05, 4.69) is 50.2 Å². The summed E-state index contributed by atoms with van der Waals surface area (Å²) < 4.78 is 5.70. The molecule has 0 aromatic carbocycles. The average Bonchev–Trinajstić information content (AvgIpc) is 3.19. The Kier molecular flexibility index (Phi) is 9.65. The van der Waals surface area contributed by atoms with E-state index in [0.717, 1.165) is 19.3 Å². The molecule has 1 saturated heterocycles. The van der Waals surface area contributed by atoms with Gasteiger partial charge in [-0.15, -0.1) is 6.58 Å². The third-order valence-electron chi connectivity index (χ3n) is 9.17. The summed E-state index contributed by atoms with van der Waals surface area (Å²) >= 11 is 0. The first-order valence-corrected chi connectivity index (χ1v) is 15.0. The Balaban J connectivity index is 1.78. The first-order chi connectivity index (χ1) is 18.9. The second-order valence-corrected chi connectivity index (χ2v) is 14.5. The first kappa shape index (κ1) is 32.6. The molecule has 1 aliphatic heterocycles. The highest BCUT2D eigenvalue weighted by molar-refractivity contribution is 6.38. The highest BCUT2D eigenvalue weighted by Crippen LogP contribution is 2.65. The molecule has 0 radical (unpaired) electrons. The number of ketones is 1. The summed E-state index contributed by atoms with van der Waals surface area (Å²) in [5, 5.41) is 8.08. The van der Waals surface area contributed by atoms with E-state index in [-0.39, 0.29) is 41.2 Å². The van der Waals surface area contributed by atoms with Gasteiger partial charge in [0.05, 0.1) is 6.04 Å². The molecule has 2 aliphatic carbocycles. The summed E-state index contributed by atoms with van der Waals surface area (Å²) in [6.45, 7) is 19.9. The fourth-order valence-corrected chi connectivity index (χ4v) is 6.63. The highest BCUT2D eigenvalue weighted by atomic mass is 16.6. The highest BCUT2D eigenvalue weighted by Gasteiger charge is 2.70. The van der Waals surface area contributed by atoms with Crippen LogP contribution < -0.4 is 16.0 Å². The molecule has 4 amide bonds. The smallest absolute Gasteiger partial charge is 0.408 e. The van der Waals surface area contributed by atoms with Crippen LogP contribution in [0.2, 0.25) is 0 Å². The molecule has 0 aromatic heterocycles. The number of alkyl carbamates (subject to hydrolysis) is 1. The Morgan fingerprint density at radius 3 is 2.29 bits per heavy atom. The lowest BCUT2D eigenvalue weighted by Gasteiger charge is -2.37. The van der Waals surface area contributed by atoms with E-state index in [1.807, 2.05) is 27.7 Å². The molecule has 3 fully saturated rings. The molecule has 10 nitrogen and oxygen atoms in total. The van der Waals surface area contributed by atoms with Crippen molar-refractivity contribution in [3.8, 4) is 0 Å². The van der Waals surface area contributed by atoms with E-state index in [1.54, 1.807) is 4.90 Å². The lowest BCUT2D eigenvalue weighted by atomic mass is 9.85. The second kappa shape index (κ2) is 12.1. The van der Waals surface area contributed by atoms with E-state index in [4.69, 9.17) is 4.74 Å². The molecule has 230 valence electrons. The predicted molar refractivity (Wildman–Crippen MR) is 156 cm³/mol.